The van der Waals surface area contributed by atoms with E-state index in [4.69, 9.17) is 4.74 Å². The number of ether oxygens (including phenoxy) is 1. The van der Waals surface area contributed by atoms with E-state index in [1.165, 1.54) is 10.9 Å². The van der Waals surface area contributed by atoms with Gasteiger partial charge in [0.05, 0.1) is 13.0 Å². The minimum absolute atomic E-state index is 0.0200. The second kappa shape index (κ2) is 5.11. The van der Waals surface area contributed by atoms with Gasteiger partial charge in [0, 0.05) is 12.4 Å². The fraction of sp³-hybridized carbons (Fsp3) is 0.167. The van der Waals surface area contributed by atoms with E-state index < -0.39 is 0 Å². The molecule has 0 bridgehead atoms. The molecule has 0 radical (unpaired) electrons. The number of benzene rings is 1. The molecule has 2 aromatic rings. The first-order chi connectivity index (χ1) is 7.86. The Morgan fingerprint density at radius 1 is 1.31 bits per heavy atom. The van der Waals surface area contributed by atoms with Gasteiger partial charge in [0.1, 0.15) is 12.1 Å². The number of imidazole rings is 1. The second-order valence-electron chi connectivity index (χ2n) is 3.28. The Hall–Kier alpha value is -2.10. The SMILES string of the molecule is O=C(CCOc1ccccc1)n1ccnc1. The monoisotopic (exact) mass is 216 g/mol. The highest BCUT2D eigenvalue weighted by Crippen LogP contribution is 2.08. The van der Waals surface area contributed by atoms with E-state index in [2.05, 4.69) is 4.98 Å². The summed E-state index contributed by atoms with van der Waals surface area (Å²) in [4.78, 5) is 15.3. The molecule has 0 atom stereocenters. The summed E-state index contributed by atoms with van der Waals surface area (Å²) in [5, 5.41) is 0. The van der Waals surface area contributed by atoms with Gasteiger partial charge in [-0.3, -0.25) is 9.36 Å². The van der Waals surface area contributed by atoms with E-state index in [1.807, 2.05) is 30.3 Å². The van der Waals surface area contributed by atoms with Crippen LogP contribution in [0.4, 0.5) is 0 Å². The molecular weight excluding hydrogens is 204 g/mol. The predicted molar refractivity (Wildman–Crippen MR) is 59.4 cm³/mol. The van der Waals surface area contributed by atoms with Crippen molar-refractivity contribution in [1.82, 2.24) is 9.55 Å². The summed E-state index contributed by atoms with van der Waals surface area (Å²) in [5.74, 6) is 0.759. The van der Waals surface area contributed by atoms with Gasteiger partial charge in [0.25, 0.3) is 0 Å². The lowest BCUT2D eigenvalue weighted by molar-refractivity contribution is 0.0881. The van der Waals surface area contributed by atoms with Gasteiger partial charge in [-0.25, -0.2) is 4.98 Å². The molecule has 0 saturated carbocycles. The largest absolute Gasteiger partial charge is 0.493 e. The quantitative estimate of drug-likeness (QED) is 0.785. The van der Waals surface area contributed by atoms with Crippen molar-refractivity contribution < 1.29 is 9.53 Å². The molecule has 0 saturated heterocycles. The van der Waals surface area contributed by atoms with Crippen molar-refractivity contribution in [3.8, 4) is 5.75 Å². The highest BCUT2D eigenvalue weighted by Gasteiger charge is 2.03. The summed E-state index contributed by atoms with van der Waals surface area (Å²) >= 11 is 0. The summed E-state index contributed by atoms with van der Waals surface area (Å²) < 4.78 is 6.87. The van der Waals surface area contributed by atoms with Gasteiger partial charge in [-0.05, 0) is 12.1 Å². The maximum Gasteiger partial charge on any atom is 0.235 e. The summed E-state index contributed by atoms with van der Waals surface area (Å²) in [5.41, 5.74) is 0. The zero-order valence-corrected chi connectivity index (χ0v) is 8.74. The smallest absolute Gasteiger partial charge is 0.235 e. The van der Waals surface area contributed by atoms with Crippen LogP contribution in [0.5, 0.6) is 5.75 Å². The Morgan fingerprint density at radius 3 is 2.81 bits per heavy atom. The fourth-order valence-corrected chi connectivity index (χ4v) is 1.31. The first-order valence-corrected chi connectivity index (χ1v) is 5.05. The fourth-order valence-electron chi connectivity index (χ4n) is 1.31. The van der Waals surface area contributed by atoms with Crippen LogP contribution in [0.25, 0.3) is 0 Å². The normalized spacial score (nSPS) is 10.0. The predicted octanol–water partition coefficient (Wildman–Crippen LogP) is 1.99. The van der Waals surface area contributed by atoms with Crippen LogP contribution in [0.15, 0.2) is 49.1 Å². The van der Waals surface area contributed by atoms with Crippen molar-refractivity contribution in [2.24, 2.45) is 0 Å². The lowest BCUT2D eigenvalue weighted by atomic mass is 10.3. The molecule has 0 spiro atoms. The molecule has 0 unspecified atom stereocenters. The summed E-state index contributed by atoms with van der Waals surface area (Å²) in [6.07, 6.45) is 5.04. The number of para-hydroxylation sites is 1. The Bertz CT molecular complexity index is 437. The zero-order valence-electron chi connectivity index (χ0n) is 8.74. The number of rotatable bonds is 4. The Labute approximate surface area is 93.5 Å². The van der Waals surface area contributed by atoms with E-state index in [0.717, 1.165) is 5.75 Å². The van der Waals surface area contributed by atoms with Gasteiger partial charge in [0.2, 0.25) is 5.91 Å². The van der Waals surface area contributed by atoms with Crippen LogP contribution in [-0.2, 0) is 0 Å². The highest BCUT2D eigenvalue weighted by molar-refractivity contribution is 5.78. The summed E-state index contributed by atoms with van der Waals surface area (Å²) in [6.45, 7) is 0.376. The van der Waals surface area contributed by atoms with E-state index in [0.29, 0.717) is 13.0 Å². The standard InChI is InChI=1S/C12H12N2O2/c15-12(14-8-7-13-10-14)6-9-16-11-4-2-1-3-5-11/h1-5,7-8,10H,6,9H2. The number of hydrogen-bond acceptors (Lipinski definition) is 3. The molecule has 0 aliphatic rings. The van der Waals surface area contributed by atoms with Crippen molar-refractivity contribution in [2.45, 2.75) is 6.42 Å². The van der Waals surface area contributed by atoms with Gasteiger partial charge in [-0.15, -0.1) is 0 Å². The van der Waals surface area contributed by atoms with E-state index in [1.54, 1.807) is 12.4 Å². The second-order valence-corrected chi connectivity index (χ2v) is 3.28. The third-order valence-electron chi connectivity index (χ3n) is 2.12. The highest BCUT2D eigenvalue weighted by atomic mass is 16.5. The molecule has 1 aromatic heterocycles. The first-order valence-electron chi connectivity index (χ1n) is 5.05. The molecule has 2 rings (SSSR count). The van der Waals surface area contributed by atoms with Crippen LogP contribution in [0.2, 0.25) is 0 Å². The van der Waals surface area contributed by atoms with Gasteiger partial charge in [-0.2, -0.15) is 0 Å². The van der Waals surface area contributed by atoms with Gasteiger partial charge in [-0.1, -0.05) is 18.2 Å². The maximum atomic E-state index is 11.5. The number of hydrogen-bond donors (Lipinski definition) is 0. The first kappa shape index (κ1) is 10.4. The third kappa shape index (κ3) is 2.70. The molecular formula is C12H12N2O2. The average Bonchev–Trinajstić information content (AvgIpc) is 2.84. The van der Waals surface area contributed by atoms with E-state index in [9.17, 15) is 4.79 Å². The van der Waals surface area contributed by atoms with Crippen molar-refractivity contribution in [2.75, 3.05) is 6.61 Å². The number of carbonyl (C=O) groups is 1. The molecule has 0 fully saturated rings. The van der Waals surface area contributed by atoms with Crippen LogP contribution in [0.3, 0.4) is 0 Å². The molecule has 1 aromatic carbocycles. The van der Waals surface area contributed by atoms with Gasteiger partial charge < -0.3 is 4.74 Å². The molecule has 4 nitrogen and oxygen atoms in total. The Balaban J connectivity index is 1.79. The average molecular weight is 216 g/mol. The van der Waals surface area contributed by atoms with Crippen molar-refractivity contribution in [3.63, 3.8) is 0 Å². The lowest BCUT2D eigenvalue weighted by Gasteiger charge is -2.05. The molecule has 4 heteroatoms. The Morgan fingerprint density at radius 2 is 2.12 bits per heavy atom. The minimum atomic E-state index is -0.0200. The van der Waals surface area contributed by atoms with Crippen LogP contribution < -0.4 is 4.74 Å². The van der Waals surface area contributed by atoms with E-state index in [-0.39, 0.29) is 5.91 Å². The van der Waals surface area contributed by atoms with Crippen LogP contribution in [-0.4, -0.2) is 22.1 Å². The zero-order chi connectivity index (χ0) is 11.2. The lowest BCUT2D eigenvalue weighted by Crippen LogP contribution is -2.12. The molecule has 0 aliphatic heterocycles. The number of carbonyl (C=O) groups excluding carboxylic acids is 1. The van der Waals surface area contributed by atoms with E-state index >= 15 is 0 Å². The Kier molecular flexibility index (Phi) is 3.33. The topological polar surface area (TPSA) is 44.1 Å². The van der Waals surface area contributed by atoms with Crippen molar-refractivity contribution in [1.29, 1.82) is 0 Å². The summed E-state index contributed by atoms with van der Waals surface area (Å²) in [6, 6.07) is 9.44. The van der Waals surface area contributed by atoms with Gasteiger partial charge >= 0.3 is 0 Å². The van der Waals surface area contributed by atoms with Crippen LogP contribution in [0, 0.1) is 0 Å². The third-order valence-corrected chi connectivity index (χ3v) is 2.12. The van der Waals surface area contributed by atoms with Gasteiger partial charge in [0.15, 0.2) is 0 Å². The van der Waals surface area contributed by atoms with Crippen molar-refractivity contribution >= 4 is 5.91 Å². The van der Waals surface area contributed by atoms with Crippen LogP contribution in [0.1, 0.15) is 11.2 Å². The number of aromatic nitrogens is 2. The molecule has 16 heavy (non-hydrogen) atoms. The number of nitrogens with zero attached hydrogens (tertiary/aromatic N) is 2. The molecule has 0 amide bonds. The van der Waals surface area contributed by atoms with Crippen molar-refractivity contribution in [3.05, 3.63) is 49.1 Å². The molecule has 82 valence electrons. The van der Waals surface area contributed by atoms with Crippen LogP contribution >= 0.6 is 0 Å². The summed E-state index contributed by atoms with van der Waals surface area (Å²) in [7, 11) is 0. The maximum absolute atomic E-state index is 11.5. The molecule has 0 aliphatic carbocycles. The molecule has 0 N–H and O–H groups in total. The minimum Gasteiger partial charge on any atom is -0.493 e. The molecule has 1 heterocycles.